The van der Waals surface area contributed by atoms with E-state index < -0.39 is 18.5 Å². The fourth-order valence-electron chi connectivity index (χ4n) is 2.23. The molecule has 0 aliphatic rings. The van der Waals surface area contributed by atoms with Gasteiger partial charge in [0.2, 0.25) is 0 Å². The summed E-state index contributed by atoms with van der Waals surface area (Å²) in [6.45, 7) is 4.98. The molecule has 0 bridgehead atoms. The number of aromatic nitrogens is 1. The third-order valence-electron chi connectivity index (χ3n) is 3.47. The summed E-state index contributed by atoms with van der Waals surface area (Å²) < 4.78 is 10.2. The number of benzene rings is 1. The summed E-state index contributed by atoms with van der Waals surface area (Å²) in [6, 6.07) is 8.93. The Hall–Kier alpha value is -3.14. The molecule has 2 rings (SSSR count). The SMILES string of the molecule is Cc1noc(C(C)C)c1C(=O)OCC(=O)Nc1ccc(CC#N)cc1. The minimum Gasteiger partial charge on any atom is -0.452 e. The number of hydrogen-bond acceptors (Lipinski definition) is 6. The van der Waals surface area contributed by atoms with Crippen molar-refractivity contribution in [1.29, 1.82) is 5.26 Å². The van der Waals surface area contributed by atoms with E-state index in [1.807, 2.05) is 19.9 Å². The normalized spacial score (nSPS) is 10.4. The van der Waals surface area contributed by atoms with Crippen LogP contribution >= 0.6 is 0 Å². The molecule has 0 aliphatic heterocycles. The van der Waals surface area contributed by atoms with E-state index >= 15 is 0 Å². The zero-order chi connectivity index (χ0) is 18.4. The molecular formula is C18H19N3O4. The van der Waals surface area contributed by atoms with E-state index in [2.05, 4.69) is 10.5 Å². The molecule has 0 fully saturated rings. The van der Waals surface area contributed by atoms with Gasteiger partial charge >= 0.3 is 5.97 Å². The Labute approximate surface area is 145 Å². The molecule has 2 aromatic rings. The highest BCUT2D eigenvalue weighted by atomic mass is 16.5. The van der Waals surface area contributed by atoms with Gasteiger partial charge in [0, 0.05) is 11.6 Å². The van der Waals surface area contributed by atoms with Crippen molar-refractivity contribution in [3.8, 4) is 6.07 Å². The van der Waals surface area contributed by atoms with Crippen LogP contribution in [0.25, 0.3) is 0 Å². The number of carbonyl (C=O) groups excluding carboxylic acids is 2. The number of anilines is 1. The van der Waals surface area contributed by atoms with Gasteiger partial charge in [0.15, 0.2) is 12.4 Å². The number of nitrogens with one attached hydrogen (secondary N) is 1. The van der Waals surface area contributed by atoms with Crippen LogP contribution in [0.1, 0.15) is 47.1 Å². The van der Waals surface area contributed by atoms with Gasteiger partial charge < -0.3 is 14.6 Å². The maximum atomic E-state index is 12.2. The van der Waals surface area contributed by atoms with Gasteiger partial charge in [-0.05, 0) is 24.6 Å². The molecule has 0 atom stereocenters. The number of hydrogen-bond donors (Lipinski definition) is 1. The zero-order valence-electron chi connectivity index (χ0n) is 14.3. The van der Waals surface area contributed by atoms with Crippen LogP contribution in [0.3, 0.4) is 0 Å². The number of carbonyl (C=O) groups is 2. The van der Waals surface area contributed by atoms with Crippen LogP contribution in [0.15, 0.2) is 28.8 Å². The molecule has 0 saturated carbocycles. The van der Waals surface area contributed by atoms with Crippen LogP contribution in [0.5, 0.6) is 0 Å². The van der Waals surface area contributed by atoms with Gasteiger partial charge in [-0.1, -0.05) is 31.1 Å². The van der Waals surface area contributed by atoms with Crippen LogP contribution in [0.2, 0.25) is 0 Å². The lowest BCUT2D eigenvalue weighted by atomic mass is 10.1. The summed E-state index contributed by atoms with van der Waals surface area (Å²) in [5.41, 5.74) is 2.12. The van der Waals surface area contributed by atoms with Crippen LogP contribution < -0.4 is 5.32 Å². The number of esters is 1. The molecule has 1 aromatic carbocycles. The van der Waals surface area contributed by atoms with Gasteiger partial charge in [-0.3, -0.25) is 4.79 Å². The minimum absolute atomic E-state index is 0.0236. The van der Waals surface area contributed by atoms with Crippen molar-refractivity contribution in [2.45, 2.75) is 33.1 Å². The standard InChI is InChI=1S/C18H19N3O4/c1-11(2)17-16(12(3)21-25-17)18(23)24-10-15(22)20-14-6-4-13(5-7-14)8-9-19/h4-7,11H,8,10H2,1-3H3,(H,20,22). The first kappa shape index (κ1) is 18.2. The number of aryl methyl sites for hydroxylation is 1. The van der Waals surface area contributed by atoms with Gasteiger partial charge in [-0.2, -0.15) is 5.26 Å². The van der Waals surface area contributed by atoms with E-state index in [9.17, 15) is 9.59 Å². The Morgan fingerprint density at radius 2 is 2.00 bits per heavy atom. The van der Waals surface area contributed by atoms with Crippen molar-refractivity contribution in [2.24, 2.45) is 0 Å². The summed E-state index contributed by atoms with van der Waals surface area (Å²) in [5, 5.41) is 15.0. The Kier molecular flexibility index (Phi) is 5.90. The van der Waals surface area contributed by atoms with Crippen LogP contribution in [0, 0.1) is 18.3 Å². The van der Waals surface area contributed by atoms with E-state index in [1.54, 1.807) is 31.2 Å². The molecule has 1 heterocycles. The molecule has 0 radical (unpaired) electrons. The van der Waals surface area contributed by atoms with Gasteiger partial charge in [-0.15, -0.1) is 0 Å². The maximum absolute atomic E-state index is 12.2. The van der Waals surface area contributed by atoms with E-state index in [1.165, 1.54) is 0 Å². The smallest absolute Gasteiger partial charge is 0.344 e. The first-order valence-electron chi connectivity index (χ1n) is 7.81. The molecular weight excluding hydrogens is 322 g/mol. The molecule has 25 heavy (non-hydrogen) atoms. The highest BCUT2D eigenvalue weighted by Gasteiger charge is 2.24. The Bertz CT molecular complexity index is 801. The Morgan fingerprint density at radius 1 is 1.32 bits per heavy atom. The second kappa shape index (κ2) is 8.11. The highest BCUT2D eigenvalue weighted by molar-refractivity contribution is 5.96. The Balaban J connectivity index is 1.93. The lowest BCUT2D eigenvalue weighted by Crippen LogP contribution is -2.21. The molecule has 7 heteroatoms. The van der Waals surface area contributed by atoms with E-state index in [0.29, 0.717) is 23.6 Å². The third kappa shape index (κ3) is 4.67. The quantitative estimate of drug-likeness (QED) is 0.810. The van der Waals surface area contributed by atoms with Crippen LogP contribution in [-0.4, -0.2) is 23.6 Å². The summed E-state index contributed by atoms with van der Waals surface area (Å²) in [5.74, 6) is -0.677. The molecule has 1 amide bonds. The minimum atomic E-state index is -0.637. The average Bonchev–Trinajstić information content (AvgIpc) is 2.97. The van der Waals surface area contributed by atoms with Gasteiger partial charge in [-0.25, -0.2) is 4.79 Å². The largest absolute Gasteiger partial charge is 0.452 e. The lowest BCUT2D eigenvalue weighted by Gasteiger charge is -2.08. The van der Waals surface area contributed by atoms with Gasteiger partial charge in [0.05, 0.1) is 18.2 Å². The van der Waals surface area contributed by atoms with Crippen LogP contribution in [-0.2, 0) is 16.0 Å². The maximum Gasteiger partial charge on any atom is 0.344 e. The monoisotopic (exact) mass is 341 g/mol. The van der Waals surface area contributed by atoms with Crippen molar-refractivity contribution in [3.05, 3.63) is 46.8 Å². The molecule has 0 unspecified atom stereocenters. The van der Waals surface area contributed by atoms with Gasteiger partial charge in [0.1, 0.15) is 5.56 Å². The van der Waals surface area contributed by atoms with E-state index in [-0.39, 0.29) is 11.5 Å². The van der Waals surface area contributed by atoms with Crippen LogP contribution in [0.4, 0.5) is 5.69 Å². The number of amides is 1. The second-order valence-electron chi connectivity index (χ2n) is 5.82. The fourth-order valence-corrected chi connectivity index (χ4v) is 2.23. The van der Waals surface area contributed by atoms with Crippen molar-refractivity contribution < 1.29 is 18.8 Å². The molecule has 7 nitrogen and oxygen atoms in total. The molecule has 0 aliphatic carbocycles. The highest BCUT2D eigenvalue weighted by Crippen LogP contribution is 2.22. The fraction of sp³-hybridized carbons (Fsp3) is 0.333. The first-order valence-corrected chi connectivity index (χ1v) is 7.81. The lowest BCUT2D eigenvalue weighted by molar-refractivity contribution is -0.119. The number of ether oxygens (including phenoxy) is 1. The van der Waals surface area contributed by atoms with E-state index in [0.717, 1.165) is 5.56 Å². The third-order valence-corrected chi connectivity index (χ3v) is 3.47. The zero-order valence-corrected chi connectivity index (χ0v) is 14.3. The summed E-state index contributed by atoms with van der Waals surface area (Å²) in [7, 11) is 0. The summed E-state index contributed by atoms with van der Waals surface area (Å²) in [4.78, 5) is 24.1. The Morgan fingerprint density at radius 3 is 2.60 bits per heavy atom. The number of nitriles is 1. The number of rotatable bonds is 6. The molecule has 1 aromatic heterocycles. The predicted molar refractivity (Wildman–Crippen MR) is 90.0 cm³/mol. The summed E-state index contributed by atoms with van der Waals surface area (Å²) in [6.07, 6.45) is 0.308. The van der Waals surface area contributed by atoms with Crippen molar-refractivity contribution >= 4 is 17.6 Å². The van der Waals surface area contributed by atoms with Crippen molar-refractivity contribution in [3.63, 3.8) is 0 Å². The second-order valence-corrected chi connectivity index (χ2v) is 5.82. The van der Waals surface area contributed by atoms with E-state index in [4.69, 9.17) is 14.5 Å². The molecule has 1 N–H and O–H groups in total. The molecule has 130 valence electrons. The first-order chi connectivity index (χ1) is 11.9. The average molecular weight is 341 g/mol. The summed E-state index contributed by atoms with van der Waals surface area (Å²) >= 11 is 0. The molecule has 0 spiro atoms. The predicted octanol–water partition coefficient (Wildman–Crippen LogP) is 2.97. The van der Waals surface area contributed by atoms with Crippen molar-refractivity contribution in [2.75, 3.05) is 11.9 Å². The van der Waals surface area contributed by atoms with Crippen molar-refractivity contribution in [1.82, 2.24) is 5.16 Å². The number of nitrogens with zero attached hydrogens (tertiary/aromatic N) is 2. The van der Waals surface area contributed by atoms with Gasteiger partial charge in [0.25, 0.3) is 5.91 Å². The molecule has 0 saturated heterocycles. The topological polar surface area (TPSA) is 105 Å².